The van der Waals surface area contributed by atoms with Crippen LogP contribution in [0.4, 0.5) is 0 Å². The van der Waals surface area contributed by atoms with Crippen LogP contribution in [-0.4, -0.2) is 29.4 Å². The molecule has 0 aliphatic heterocycles. The molecule has 1 amide bonds. The Morgan fingerprint density at radius 1 is 0.964 bits per heavy atom. The largest absolute Gasteiger partial charge is 0.391 e. The molecule has 0 radical (unpaired) electrons. The molecule has 0 aliphatic carbocycles. The minimum Gasteiger partial charge on any atom is -0.391 e. The normalized spacial score (nSPS) is 14.7. The number of aliphatic hydroxyl groups is 1. The lowest BCUT2D eigenvalue weighted by molar-refractivity contribution is -0.130. The molecule has 0 spiro atoms. The van der Waals surface area contributed by atoms with E-state index in [2.05, 4.69) is 5.32 Å². The van der Waals surface area contributed by atoms with E-state index in [-0.39, 0.29) is 11.8 Å². The molecule has 2 aromatic rings. The van der Waals surface area contributed by atoms with Gasteiger partial charge in [-0.2, -0.15) is 0 Å². The van der Waals surface area contributed by atoms with E-state index >= 15 is 0 Å². The SMILES string of the molecule is CC(C)(C)C(=O)N[C@@H](Cc1ccccc1)[C@@H](O)C[C@H](C=O)Cc1ccccc1. The van der Waals surface area contributed by atoms with E-state index in [1.54, 1.807) is 0 Å². The van der Waals surface area contributed by atoms with Gasteiger partial charge in [-0.05, 0) is 30.4 Å². The summed E-state index contributed by atoms with van der Waals surface area (Å²) in [6, 6.07) is 19.1. The zero-order chi connectivity index (χ0) is 20.6. The molecule has 2 N–H and O–H groups in total. The first kappa shape index (κ1) is 21.8. The average Bonchev–Trinajstić information content (AvgIpc) is 2.67. The Hall–Kier alpha value is -2.46. The highest BCUT2D eigenvalue weighted by Gasteiger charge is 2.29. The second-order valence-corrected chi connectivity index (χ2v) is 8.41. The highest BCUT2D eigenvalue weighted by Crippen LogP contribution is 2.19. The van der Waals surface area contributed by atoms with Crippen molar-refractivity contribution >= 4 is 12.2 Å². The number of carbonyl (C=O) groups excluding carboxylic acids is 2. The van der Waals surface area contributed by atoms with Crippen molar-refractivity contribution in [2.45, 2.75) is 52.2 Å². The number of amides is 1. The summed E-state index contributed by atoms with van der Waals surface area (Å²) in [7, 11) is 0. The molecule has 0 heterocycles. The number of hydrogen-bond donors (Lipinski definition) is 2. The van der Waals surface area contributed by atoms with E-state index in [4.69, 9.17) is 0 Å². The van der Waals surface area contributed by atoms with Crippen molar-refractivity contribution < 1.29 is 14.7 Å². The maximum Gasteiger partial charge on any atom is 0.225 e. The van der Waals surface area contributed by atoms with E-state index in [1.165, 1.54) is 0 Å². The Bertz CT molecular complexity index is 737. The molecule has 0 unspecified atom stereocenters. The van der Waals surface area contributed by atoms with Crippen molar-refractivity contribution in [3.63, 3.8) is 0 Å². The van der Waals surface area contributed by atoms with Crippen LogP contribution in [0, 0.1) is 11.3 Å². The summed E-state index contributed by atoms with van der Waals surface area (Å²) in [6.45, 7) is 5.54. The van der Waals surface area contributed by atoms with Gasteiger partial charge in [0.15, 0.2) is 0 Å². The molecule has 0 aromatic heterocycles. The maximum absolute atomic E-state index is 12.5. The van der Waals surface area contributed by atoms with Crippen LogP contribution < -0.4 is 5.32 Å². The van der Waals surface area contributed by atoms with Crippen molar-refractivity contribution in [2.75, 3.05) is 0 Å². The molecule has 0 fully saturated rings. The zero-order valence-corrected chi connectivity index (χ0v) is 17.0. The van der Waals surface area contributed by atoms with Gasteiger partial charge in [0, 0.05) is 11.3 Å². The van der Waals surface area contributed by atoms with Crippen LogP contribution in [0.25, 0.3) is 0 Å². The summed E-state index contributed by atoms with van der Waals surface area (Å²) in [5, 5.41) is 13.9. The number of rotatable bonds is 9. The lowest BCUT2D eigenvalue weighted by Crippen LogP contribution is -2.49. The number of hydrogen-bond acceptors (Lipinski definition) is 3. The minimum absolute atomic E-state index is 0.113. The molecule has 0 bridgehead atoms. The van der Waals surface area contributed by atoms with Crippen LogP contribution in [0.3, 0.4) is 0 Å². The molecule has 28 heavy (non-hydrogen) atoms. The highest BCUT2D eigenvalue weighted by molar-refractivity contribution is 5.81. The van der Waals surface area contributed by atoms with Gasteiger partial charge in [0.25, 0.3) is 0 Å². The monoisotopic (exact) mass is 381 g/mol. The van der Waals surface area contributed by atoms with Crippen LogP contribution in [0.15, 0.2) is 60.7 Å². The molecule has 0 saturated heterocycles. The average molecular weight is 382 g/mol. The Morgan fingerprint density at radius 2 is 1.46 bits per heavy atom. The van der Waals surface area contributed by atoms with Crippen LogP contribution in [0.5, 0.6) is 0 Å². The number of aliphatic hydroxyl groups excluding tert-OH is 1. The topological polar surface area (TPSA) is 66.4 Å². The summed E-state index contributed by atoms with van der Waals surface area (Å²) in [5.74, 6) is -0.416. The van der Waals surface area contributed by atoms with Gasteiger partial charge < -0.3 is 15.2 Å². The number of benzene rings is 2. The fourth-order valence-corrected chi connectivity index (χ4v) is 3.11. The maximum atomic E-state index is 12.5. The quantitative estimate of drug-likeness (QED) is 0.653. The van der Waals surface area contributed by atoms with Crippen LogP contribution in [0.2, 0.25) is 0 Å². The van der Waals surface area contributed by atoms with Crippen molar-refractivity contribution in [1.82, 2.24) is 5.32 Å². The van der Waals surface area contributed by atoms with E-state index in [0.29, 0.717) is 19.3 Å². The van der Waals surface area contributed by atoms with Crippen molar-refractivity contribution in [2.24, 2.45) is 11.3 Å². The molecule has 0 aliphatic rings. The van der Waals surface area contributed by atoms with Crippen LogP contribution >= 0.6 is 0 Å². The molecule has 0 saturated carbocycles. The smallest absolute Gasteiger partial charge is 0.225 e. The molecular formula is C24H31NO3. The molecule has 4 nitrogen and oxygen atoms in total. The summed E-state index contributed by atoms with van der Waals surface area (Å²) < 4.78 is 0. The first-order chi connectivity index (χ1) is 13.3. The fraction of sp³-hybridized carbons (Fsp3) is 0.417. The Balaban J connectivity index is 2.10. The van der Waals surface area contributed by atoms with Gasteiger partial charge in [-0.15, -0.1) is 0 Å². The van der Waals surface area contributed by atoms with Gasteiger partial charge in [0.2, 0.25) is 5.91 Å². The number of nitrogens with one attached hydrogen (secondary N) is 1. The molecule has 3 atom stereocenters. The summed E-state index contributed by atoms with van der Waals surface area (Å²) in [4.78, 5) is 24.1. The third-order valence-electron chi connectivity index (χ3n) is 4.84. The molecular weight excluding hydrogens is 350 g/mol. The van der Waals surface area contributed by atoms with Crippen molar-refractivity contribution in [3.05, 3.63) is 71.8 Å². The molecule has 150 valence electrons. The number of carbonyl (C=O) groups is 2. The second-order valence-electron chi connectivity index (χ2n) is 8.41. The summed E-state index contributed by atoms with van der Waals surface area (Å²) in [6.07, 6.45) is 1.49. The molecule has 2 rings (SSSR count). The van der Waals surface area contributed by atoms with E-state index in [9.17, 15) is 14.7 Å². The van der Waals surface area contributed by atoms with Gasteiger partial charge in [-0.3, -0.25) is 4.79 Å². The van der Waals surface area contributed by atoms with E-state index in [0.717, 1.165) is 17.4 Å². The first-order valence-corrected chi connectivity index (χ1v) is 9.81. The third kappa shape index (κ3) is 6.93. The number of aldehydes is 1. The van der Waals surface area contributed by atoms with Gasteiger partial charge in [0.1, 0.15) is 6.29 Å². The Kier molecular flexibility index (Phi) is 7.94. The first-order valence-electron chi connectivity index (χ1n) is 9.81. The van der Waals surface area contributed by atoms with Gasteiger partial charge in [-0.25, -0.2) is 0 Å². The predicted octanol–water partition coefficient (Wildman–Crippen LogP) is 3.57. The van der Waals surface area contributed by atoms with Crippen molar-refractivity contribution in [1.29, 1.82) is 0 Å². The summed E-state index contributed by atoms with van der Waals surface area (Å²) >= 11 is 0. The molecule has 2 aromatic carbocycles. The van der Waals surface area contributed by atoms with Crippen LogP contribution in [0.1, 0.15) is 38.3 Å². The zero-order valence-electron chi connectivity index (χ0n) is 17.0. The fourth-order valence-electron chi connectivity index (χ4n) is 3.11. The standard InChI is InChI=1S/C24H31NO3/c1-24(2,3)23(28)25-21(15-19-12-8-5-9-13-19)22(27)16-20(17-26)14-18-10-6-4-7-11-18/h4-13,17,20-22,27H,14-16H2,1-3H3,(H,25,28)/t20-,21+,22+/m1/s1. The summed E-state index contributed by atoms with van der Waals surface area (Å²) in [5.41, 5.74) is 1.54. The lowest BCUT2D eigenvalue weighted by Gasteiger charge is -2.29. The predicted molar refractivity (Wildman–Crippen MR) is 112 cm³/mol. The highest BCUT2D eigenvalue weighted by atomic mass is 16.3. The third-order valence-corrected chi connectivity index (χ3v) is 4.84. The van der Waals surface area contributed by atoms with Crippen LogP contribution in [-0.2, 0) is 22.4 Å². The molecule has 4 heteroatoms. The Labute approximate surface area is 168 Å². The minimum atomic E-state index is -0.814. The van der Waals surface area contributed by atoms with Gasteiger partial charge in [0.05, 0.1) is 12.1 Å². The Morgan fingerprint density at radius 3 is 1.93 bits per heavy atom. The lowest BCUT2D eigenvalue weighted by atomic mass is 9.89. The van der Waals surface area contributed by atoms with Gasteiger partial charge >= 0.3 is 0 Å². The van der Waals surface area contributed by atoms with E-state index < -0.39 is 17.6 Å². The van der Waals surface area contributed by atoms with Crippen molar-refractivity contribution in [3.8, 4) is 0 Å². The van der Waals surface area contributed by atoms with E-state index in [1.807, 2.05) is 81.4 Å². The second kappa shape index (κ2) is 10.2. The van der Waals surface area contributed by atoms with Gasteiger partial charge in [-0.1, -0.05) is 81.4 Å².